The first-order valence-electron chi connectivity index (χ1n) is 6.93. The number of aliphatic carboxylic acids is 1. The molecule has 0 spiro atoms. The van der Waals surface area contributed by atoms with Gasteiger partial charge in [0.2, 0.25) is 0 Å². The van der Waals surface area contributed by atoms with E-state index in [4.69, 9.17) is 5.11 Å². The molecule has 1 aromatic rings. The molecule has 4 nitrogen and oxygen atoms in total. The van der Waals surface area contributed by atoms with E-state index in [-0.39, 0.29) is 11.8 Å². The summed E-state index contributed by atoms with van der Waals surface area (Å²) in [5, 5.41) is 11.9. The van der Waals surface area contributed by atoms with Crippen molar-refractivity contribution in [2.75, 3.05) is 6.54 Å². The summed E-state index contributed by atoms with van der Waals surface area (Å²) in [4.78, 5) is 23.0. The van der Waals surface area contributed by atoms with Gasteiger partial charge in [0, 0.05) is 21.1 Å². The summed E-state index contributed by atoms with van der Waals surface area (Å²) in [7, 11) is 0. The Kier molecular flexibility index (Phi) is 5.81. The third-order valence-electron chi connectivity index (χ3n) is 3.87. The molecule has 0 heterocycles. The maximum absolute atomic E-state index is 12.1. The molecular weight excluding hydrogens is 402 g/mol. The highest BCUT2D eigenvalue weighted by molar-refractivity contribution is 9.11. The lowest BCUT2D eigenvalue weighted by Gasteiger charge is -2.26. The fourth-order valence-corrected chi connectivity index (χ4v) is 3.93. The van der Waals surface area contributed by atoms with Gasteiger partial charge in [0.1, 0.15) is 0 Å². The van der Waals surface area contributed by atoms with Crippen LogP contribution in [0.3, 0.4) is 0 Å². The van der Waals surface area contributed by atoms with E-state index in [1.54, 1.807) is 12.1 Å². The molecule has 2 N–H and O–H groups in total. The van der Waals surface area contributed by atoms with Crippen molar-refractivity contribution in [3.63, 3.8) is 0 Å². The zero-order chi connectivity index (χ0) is 15.4. The van der Waals surface area contributed by atoms with Crippen LogP contribution in [0.4, 0.5) is 0 Å². The van der Waals surface area contributed by atoms with Gasteiger partial charge in [0.25, 0.3) is 5.91 Å². The summed E-state index contributed by atoms with van der Waals surface area (Å²) in [5.41, 5.74) is 0.607. The van der Waals surface area contributed by atoms with E-state index < -0.39 is 5.97 Å². The first kappa shape index (κ1) is 16.5. The second-order valence-corrected chi connectivity index (χ2v) is 7.26. The Bertz CT molecular complexity index is 519. The normalized spacial score (nSPS) is 21.8. The number of amides is 1. The Hall–Kier alpha value is -0.880. The number of nitrogens with one attached hydrogen (secondary N) is 1. The van der Waals surface area contributed by atoms with Gasteiger partial charge in [-0.1, -0.05) is 31.9 Å². The Balaban J connectivity index is 1.83. The molecule has 21 heavy (non-hydrogen) atoms. The van der Waals surface area contributed by atoms with Crippen LogP contribution in [-0.2, 0) is 4.79 Å². The summed E-state index contributed by atoms with van der Waals surface area (Å²) in [6, 6.07) is 5.44. The molecule has 1 aliphatic rings. The van der Waals surface area contributed by atoms with Crippen LogP contribution in [0.1, 0.15) is 36.0 Å². The zero-order valence-electron chi connectivity index (χ0n) is 11.4. The predicted octanol–water partition coefficient (Wildman–Crippen LogP) is 3.83. The minimum absolute atomic E-state index is 0.0997. The monoisotopic (exact) mass is 417 g/mol. The number of hydrogen-bond donors (Lipinski definition) is 2. The van der Waals surface area contributed by atoms with Crippen molar-refractivity contribution in [2.45, 2.75) is 25.7 Å². The van der Waals surface area contributed by atoms with E-state index >= 15 is 0 Å². The van der Waals surface area contributed by atoms with Gasteiger partial charge in [-0.2, -0.15) is 0 Å². The van der Waals surface area contributed by atoms with Crippen molar-refractivity contribution >= 4 is 43.7 Å². The Morgan fingerprint density at radius 3 is 2.19 bits per heavy atom. The molecule has 1 amide bonds. The van der Waals surface area contributed by atoms with Gasteiger partial charge in [0.15, 0.2) is 0 Å². The molecule has 1 aliphatic carbocycles. The van der Waals surface area contributed by atoms with Gasteiger partial charge < -0.3 is 10.4 Å². The topological polar surface area (TPSA) is 66.4 Å². The fraction of sp³-hybridized carbons (Fsp3) is 0.467. The molecule has 114 valence electrons. The lowest BCUT2D eigenvalue weighted by Crippen LogP contribution is -2.32. The summed E-state index contributed by atoms with van der Waals surface area (Å²) >= 11 is 6.73. The zero-order valence-corrected chi connectivity index (χ0v) is 14.6. The quantitative estimate of drug-likeness (QED) is 0.780. The summed E-state index contributed by atoms with van der Waals surface area (Å²) < 4.78 is 1.70. The van der Waals surface area contributed by atoms with Crippen molar-refractivity contribution in [1.29, 1.82) is 0 Å². The highest BCUT2D eigenvalue weighted by Gasteiger charge is 2.26. The number of carboxylic acid groups (broad SMARTS) is 1. The van der Waals surface area contributed by atoms with Crippen molar-refractivity contribution in [3.05, 3.63) is 32.7 Å². The first-order chi connectivity index (χ1) is 9.95. The second-order valence-electron chi connectivity index (χ2n) is 5.42. The van der Waals surface area contributed by atoms with Gasteiger partial charge in [-0.15, -0.1) is 0 Å². The highest BCUT2D eigenvalue weighted by atomic mass is 79.9. The molecule has 0 radical (unpaired) electrons. The highest BCUT2D eigenvalue weighted by Crippen LogP contribution is 2.28. The Morgan fingerprint density at radius 1 is 1.10 bits per heavy atom. The van der Waals surface area contributed by atoms with E-state index in [9.17, 15) is 9.59 Å². The fourth-order valence-electron chi connectivity index (χ4n) is 2.64. The minimum Gasteiger partial charge on any atom is -0.481 e. The van der Waals surface area contributed by atoms with Gasteiger partial charge in [-0.3, -0.25) is 9.59 Å². The van der Waals surface area contributed by atoms with E-state index in [1.807, 2.05) is 6.07 Å². The molecule has 0 atom stereocenters. The second kappa shape index (κ2) is 7.40. The van der Waals surface area contributed by atoms with Crippen LogP contribution in [0.2, 0.25) is 0 Å². The number of halogens is 2. The molecule has 0 unspecified atom stereocenters. The molecule has 0 bridgehead atoms. The van der Waals surface area contributed by atoms with Crippen LogP contribution in [-0.4, -0.2) is 23.5 Å². The number of carbonyl (C=O) groups excluding carboxylic acids is 1. The smallest absolute Gasteiger partial charge is 0.306 e. The van der Waals surface area contributed by atoms with Gasteiger partial charge in [-0.05, 0) is 49.8 Å². The van der Waals surface area contributed by atoms with E-state index in [1.165, 1.54) is 0 Å². The molecule has 1 aromatic carbocycles. The minimum atomic E-state index is -0.698. The molecule has 2 rings (SSSR count). The molecule has 0 aromatic heterocycles. The number of carboxylic acids is 1. The van der Waals surface area contributed by atoms with Gasteiger partial charge >= 0.3 is 5.97 Å². The largest absolute Gasteiger partial charge is 0.481 e. The van der Waals surface area contributed by atoms with E-state index in [0.717, 1.165) is 21.8 Å². The average molecular weight is 419 g/mol. The third kappa shape index (κ3) is 4.81. The van der Waals surface area contributed by atoms with Crippen molar-refractivity contribution in [1.82, 2.24) is 5.32 Å². The maximum Gasteiger partial charge on any atom is 0.306 e. The lowest BCUT2D eigenvalue weighted by molar-refractivity contribution is -0.143. The molecule has 0 aliphatic heterocycles. The number of hydrogen-bond acceptors (Lipinski definition) is 2. The Labute approximate surface area is 140 Å². The first-order valence-corrected chi connectivity index (χ1v) is 8.51. The van der Waals surface area contributed by atoms with Crippen LogP contribution < -0.4 is 5.32 Å². The maximum atomic E-state index is 12.1. The molecule has 1 saturated carbocycles. The molecule has 1 fully saturated rings. The van der Waals surface area contributed by atoms with Crippen LogP contribution in [0.5, 0.6) is 0 Å². The van der Waals surface area contributed by atoms with Crippen LogP contribution in [0, 0.1) is 11.8 Å². The predicted molar refractivity (Wildman–Crippen MR) is 87.3 cm³/mol. The van der Waals surface area contributed by atoms with Crippen molar-refractivity contribution < 1.29 is 14.7 Å². The van der Waals surface area contributed by atoms with E-state index in [2.05, 4.69) is 37.2 Å². The number of rotatable bonds is 4. The van der Waals surface area contributed by atoms with Gasteiger partial charge in [0.05, 0.1) is 5.92 Å². The lowest BCUT2D eigenvalue weighted by atomic mass is 9.82. The van der Waals surface area contributed by atoms with Crippen molar-refractivity contribution in [2.24, 2.45) is 11.8 Å². The summed E-state index contributed by atoms with van der Waals surface area (Å²) in [5.74, 6) is -0.632. The molecule has 6 heteroatoms. The van der Waals surface area contributed by atoms with E-state index in [0.29, 0.717) is 30.9 Å². The molecular formula is C15H17Br2NO3. The van der Waals surface area contributed by atoms with Crippen LogP contribution in [0.25, 0.3) is 0 Å². The molecule has 0 saturated heterocycles. The van der Waals surface area contributed by atoms with Gasteiger partial charge in [-0.25, -0.2) is 0 Å². The van der Waals surface area contributed by atoms with Crippen LogP contribution >= 0.6 is 31.9 Å². The Morgan fingerprint density at radius 2 is 1.67 bits per heavy atom. The number of carbonyl (C=O) groups is 2. The summed E-state index contributed by atoms with van der Waals surface area (Å²) in [6.07, 6.45) is 3.13. The van der Waals surface area contributed by atoms with Crippen molar-refractivity contribution in [3.8, 4) is 0 Å². The SMILES string of the molecule is O=C(NCC1CCC(C(=O)O)CC1)c1cc(Br)cc(Br)c1. The standard InChI is InChI=1S/C15H17Br2NO3/c16-12-5-11(6-13(17)7-12)14(19)18-8-9-1-3-10(4-2-9)15(20)21/h5-7,9-10H,1-4,8H2,(H,18,19)(H,20,21). The summed E-state index contributed by atoms with van der Waals surface area (Å²) in [6.45, 7) is 0.606. The third-order valence-corrected chi connectivity index (χ3v) is 4.79. The van der Waals surface area contributed by atoms with Crippen LogP contribution in [0.15, 0.2) is 27.1 Å². The number of benzene rings is 1. The average Bonchev–Trinajstić information content (AvgIpc) is 2.44.